The SMILES string of the molecule is CN(C)Cc1ccsc1C(=O)N1CC(N2CCC(O)C2)C1. The van der Waals surface area contributed by atoms with E-state index < -0.39 is 0 Å². The third kappa shape index (κ3) is 3.13. The Hall–Kier alpha value is -0.950. The van der Waals surface area contributed by atoms with E-state index in [0.29, 0.717) is 6.04 Å². The summed E-state index contributed by atoms with van der Waals surface area (Å²) >= 11 is 1.54. The maximum absolute atomic E-state index is 12.6. The number of thiophene rings is 1. The van der Waals surface area contributed by atoms with Gasteiger partial charge in [0.1, 0.15) is 0 Å². The summed E-state index contributed by atoms with van der Waals surface area (Å²) in [5.74, 6) is 0.165. The number of carbonyl (C=O) groups excluding carboxylic acids is 1. The Labute approximate surface area is 129 Å². The fourth-order valence-corrected chi connectivity index (χ4v) is 3.97. The third-order valence-electron chi connectivity index (χ3n) is 4.29. The molecule has 5 nitrogen and oxygen atoms in total. The van der Waals surface area contributed by atoms with Gasteiger partial charge in [-0.2, -0.15) is 0 Å². The molecule has 1 unspecified atom stereocenters. The monoisotopic (exact) mass is 309 g/mol. The minimum atomic E-state index is -0.182. The van der Waals surface area contributed by atoms with Gasteiger partial charge in [0.2, 0.25) is 0 Å². The van der Waals surface area contributed by atoms with E-state index in [1.807, 2.05) is 30.4 Å². The lowest BCUT2D eigenvalue weighted by molar-refractivity contribution is 0.0302. The molecule has 116 valence electrons. The molecule has 1 aromatic heterocycles. The van der Waals surface area contributed by atoms with Gasteiger partial charge in [0.15, 0.2) is 0 Å². The van der Waals surface area contributed by atoms with E-state index in [-0.39, 0.29) is 12.0 Å². The Morgan fingerprint density at radius 2 is 2.19 bits per heavy atom. The van der Waals surface area contributed by atoms with Crippen LogP contribution in [0.1, 0.15) is 21.7 Å². The van der Waals surface area contributed by atoms with Crippen LogP contribution in [-0.2, 0) is 6.54 Å². The maximum Gasteiger partial charge on any atom is 0.264 e. The fraction of sp³-hybridized carbons (Fsp3) is 0.667. The van der Waals surface area contributed by atoms with Crippen LogP contribution in [0.2, 0.25) is 0 Å². The standard InChI is InChI=1S/C15H23N3O2S/c1-16(2)7-11-4-6-21-14(11)15(20)18-8-12(9-18)17-5-3-13(19)10-17/h4,6,12-13,19H,3,5,7-10H2,1-2H3. The second-order valence-corrected chi connectivity index (χ2v) is 7.23. The number of rotatable bonds is 4. The van der Waals surface area contributed by atoms with Crippen molar-refractivity contribution in [1.29, 1.82) is 0 Å². The van der Waals surface area contributed by atoms with Gasteiger partial charge in [-0.3, -0.25) is 9.69 Å². The predicted octanol–water partition coefficient (Wildman–Crippen LogP) is 0.701. The van der Waals surface area contributed by atoms with Gasteiger partial charge in [0.05, 0.1) is 11.0 Å². The normalized spacial score (nSPS) is 23.8. The molecule has 1 N–H and O–H groups in total. The minimum absolute atomic E-state index is 0.165. The number of nitrogens with zero attached hydrogens (tertiary/aromatic N) is 3. The highest BCUT2D eigenvalue weighted by Gasteiger charge is 2.38. The van der Waals surface area contributed by atoms with Gasteiger partial charge in [-0.05, 0) is 37.5 Å². The molecule has 3 rings (SSSR count). The number of aliphatic hydroxyl groups is 1. The van der Waals surface area contributed by atoms with Crippen molar-refractivity contribution in [1.82, 2.24) is 14.7 Å². The summed E-state index contributed by atoms with van der Waals surface area (Å²) in [6, 6.07) is 2.48. The number of aliphatic hydroxyl groups excluding tert-OH is 1. The first-order valence-electron chi connectivity index (χ1n) is 7.47. The summed E-state index contributed by atoms with van der Waals surface area (Å²) in [6.07, 6.45) is 0.682. The lowest BCUT2D eigenvalue weighted by Crippen LogP contribution is -2.60. The number of hydrogen-bond acceptors (Lipinski definition) is 5. The first-order chi connectivity index (χ1) is 10.0. The molecule has 2 aliphatic rings. The highest BCUT2D eigenvalue weighted by molar-refractivity contribution is 7.12. The van der Waals surface area contributed by atoms with E-state index in [9.17, 15) is 9.90 Å². The molecular weight excluding hydrogens is 286 g/mol. The number of hydrogen-bond donors (Lipinski definition) is 1. The van der Waals surface area contributed by atoms with Crippen LogP contribution >= 0.6 is 11.3 Å². The molecule has 2 saturated heterocycles. The number of likely N-dealkylation sites (tertiary alicyclic amines) is 2. The van der Waals surface area contributed by atoms with E-state index in [0.717, 1.165) is 49.6 Å². The second kappa shape index (κ2) is 6.04. The van der Waals surface area contributed by atoms with E-state index in [2.05, 4.69) is 9.80 Å². The van der Waals surface area contributed by atoms with Gasteiger partial charge in [-0.25, -0.2) is 0 Å². The minimum Gasteiger partial charge on any atom is -0.392 e. The van der Waals surface area contributed by atoms with Crippen LogP contribution in [0, 0.1) is 0 Å². The molecule has 0 bridgehead atoms. The third-order valence-corrected chi connectivity index (χ3v) is 5.23. The van der Waals surface area contributed by atoms with Crippen molar-refractivity contribution in [2.75, 3.05) is 40.3 Å². The summed E-state index contributed by atoms with van der Waals surface area (Å²) < 4.78 is 0. The van der Waals surface area contributed by atoms with Crippen molar-refractivity contribution in [2.24, 2.45) is 0 Å². The molecular formula is C15H23N3O2S. The topological polar surface area (TPSA) is 47.0 Å². The zero-order valence-electron chi connectivity index (χ0n) is 12.7. The molecule has 2 aliphatic heterocycles. The second-order valence-electron chi connectivity index (χ2n) is 6.31. The van der Waals surface area contributed by atoms with Gasteiger partial charge < -0.3 is 14.9 Å². The van der Waals surface area contributed by atoms with Crippen molar-refractivity contribution in [3.63, 3.8) is 0 Å². The molecule has 6 heteroatoms. The number of β-amino-alcohol motifs (C(OH)–C–C–N with tert-alkyl or cyclic N) is 1. The summed E-state index contributed by atoms with van der Waals surface area (Å²) in [4.78, 5) is 19.8. The van der Waals surface area contributed by atoms with Crippen molar-refractivity contribution < 1.29 is 9.90 Å². The molecule has 21 heavy (non-hydrogen) atoms. The van der Waals surface area contributed by atoms with E-state index in [4.69, 9.17) is 0 Å². The van der Waals surface area contributed by atoms with Gasteiger partial charge in [-0.1, -0.05) is 0 Å². The number of amides is 1. The van der Waals surface area contributed by atoms with Crippen LogP contribution < -0.4 is 0 Å². The summed E-state index contributed by atoms with van der Waals surface area (Å²) in [5.41, 5.74) is 1.12. The van der Waals surface area contributed by atoms with Gasteiger partial charge >= 0.3 is 0 Å². The van der Waals surface area contributed by atoms with Crippen LogP contribution in [0.5, 0.6) is 0 Å². The lowest BCUT2D eigenvalue weighted by atomic mass is 10.1. The Morgan fingerprint density at radius 3 is 2.81 bits per heavy atom. The van der Waals surface area contributed by atoms with Crippen molar-refractivity contribution in [2.45, 2.75) is 25.1 Å². The van der Waals surface area contributed by atoms with E-state index >= 15 is 0 Å². The maximum atomic E-state index is 12.6. The summed E-state index contributed by atoms with van der Waals surface area (Å²) in [7, 11) is 4.04. The molecule has 0 saturated carbocycles. The van der Waals surface area contributed by atoms with Crippen molar-refractivity contribution in [3.8, 4) is 0 Å². The van der Waals surface area contributed by atoms with Gasteiger partial charge in [0.25, 0.3) is 5.91 Å². The molecule has 3 heterocycles. The lowest BCUT2D eigenvalue weighted by Gasteiger charge is -2.44. The molecule has 0 aromatic carbocycles. The Bertz CT molecular complexity index is 511. The molecule has 1 aromatic rings. The van der Waals surface area contributed by atoms with Crippen LogP contribution in [0.25, 0.3) is 0 Å². The average Bonchev–Trinajstić information content (AvgIpc) is 2.96. The molecule has 0 radical (unpaired) electrons. The summed E-state index contributed by atoms with van der Waals surface area (Å²) in [5, 5.41) is 11.6. The number of carbonyl (C=O) groups is 1. The molecule has 0 spiro atoms. The highest BCUT2D eigenvalue weighted by atomic mass is 32.1. The quantitative estimate of drug-likeness (QED) is 0.889. The van der Waals surface area contributed by atoms with Crippen LogP contribution in [0.4, 0.5) is 0 Å². The predicted molar refractivity (Wildman–Crippen MR) is 83.6 cm³/mol. The Kier molecular flexibility index (Phi) is 4.31. The largest absolute Gasteiger partial charge is 0.392 e. The molecule has 0 aliphatic carbocycles. The van der Waals surface area contributed by atoms with Crippen LogP contribution in [0.15, 0.2) is 11.4 Å². The zero-order chi connectivity index (χ0) is 15.0. The van der Waals surface area contributed by atoms with E-state index in [1.54, 1.807) is 0 Å². The van der Waals surface area contributed by atoms with Crippen LogP contribution in [0.3, 0.4) is 0 Å². The van der Waals surface area contributed by atoms with Crippen molar-refractivity contribution in [3.05, 3.63) is 21.9 Å². The van der Waals surface area contributed by atoms with E-state index in [1.165, 1.54) is 11.3 Å². The highest BCUT2D eigenvalue weighted by Crippen LogP contribution is 2.26. The first-order valence-corrected chi connectivity index (χ1v) is 8.35. The molecule has 2 fully saturated rings. The Balaban J connectivity index is 1.57. The van der Waals surface area contributed by atoms with Gasteiger partial charge in [-0.15, -0.1) is 11.3 Å². The smallest absolute Gasteiger partial charge is 0.264 e. The fourth-order valence-electron chi connectivity index (χ4n) is 3.08. The van der Waals surface area contributed by atoms with Gasteiger partial charge in [0, 0.05) is 38.8 Å². The average molecular weight is 309 g/mol. The van der Waals surface area contributed by atoms with Crippen molar-refractivity contribution >= 4 is 17.2 Å². The van der Waals surface area contributed by atoms with Crippen LogP contribution in [-0.4, -0.2) is 78.1 Å². The Morgan fingerprint density at radius 1 is 1.43 bits per heavy atom. The zero-order valence-corrected chi connectivity index (χ0v) is 13.5. The first kappa shape index (κ1) is 15.0. The molecule has 1 amide bonds. The molecule has 1 atom stereocenters. The summed E-state index contributed by atoms with van der Waals surface area (Å²) in [6.45, 7) is 4.12.